The van der Waals surface area contributed by atoms with Gasteiger partial charge in [0.05, 0.1) is 17.6 Å². The quantitative estimate of drug-likeness (QED) is 0.389. The van der Waals surface area contributed by atoms with Crippen LogP contribution in [0.2, 0.25) is 0 Å². The highest BCUT2D eigenvalue weighted by Gasteiger charge is 2.42. The van der Waals surface area contributed by atoms with E-state index in [1.54, 1.807) is 25.3 Å². The lowest BCUT2D eigenvalue weighted by Gasteiger charge is -2.33. The van der Waals surface area contributed by atoms with Gasteiger partial charge in [-0.05, 0) is 47.4 Å². The number of thioether (sulfide) groups is 1. The smallest absolute Gasteiger partial charge is 0.266 e. The van der Waals surface area contributed by atoms with Gasteiger partial charge in [-0.2, -0.15) is 0 Å². The van der Waals surface area contributed by atoms with Gasteiger partial charge in [0.2, 0.25) is 5.91 Å². The molecule has 3 rings (SSSR count). The number of rotatable bonds is 7. The topological polar surface area (TPSA) is 81.1 Å². The van der Waals surface area contributed by atoms with E-state index in [-0.39, 0.29) is 30.0 Å². The zero-order valence-electron chi connectivity index (χ0n) is 18.4. The number of benzene rings is 2. The number of hydrogen-bond acceptors (Lipinski definition) is 6. The first-order valence-electron chi connectivity index (χ1n) is 10.3. The molecule has 0 aliphatic carbocycles. The molecule has 2 aromatic rings. The maximum Gasteiger partial charge on any atom is 0.266 e. The van der Waals surface area contributed by atoms with Crippen LogP contribution in [0.3, 0.4) is 0 Å². The normalized spacial score (nSPS) is 17.0. The molecule has 1 saturated heterocycles. The molecule has 2 N–H and O–H groups in total. The van der Waals surface area contributed by atoms with E-state index in [0.717, 1.165) is 10.0 Å². The van der Waals surface area contributed by atoms with Crippen LogP contribution < -0.4 is 0 Å². The number of thiocarbonyl (C=S) groups is 1. The van der Waals surface area contributed by atoms with Gasteiger partial charge in [0.1, 0.15) is 16.1 Å². The Kier molecular flexibility index (Phi) is 8.33. The molecule has 1 aliphatic rings. The van der Waals surface area contributed by atoms with Gasteiger partial charge >= 0.3 is 0 Å². The summed E-state index contributed by atoms with van der Waals surface area (Å²) in [7, 11) is 1.59. The first kappa shape index (κ1) is 25.4. The highest BCUT2D eigenvalue weighted by atomic mass is 79.9. The Hall–Kier alpha value is -2.20. The number of phenols is 1. The molecule has 0 radical (unpaired) electrons. The molecule has 6 nitrogen and oxygen atoms in total. The van der Waals surface area contributed by atoms with E-state index in [1.165, 1.54) is 33.7 Å². The predicted molar refractivity (Wildman–Crippen MR) is 138 cm³/mol. The second kappa shape index (κ2) is 10.8. The van der Waals surface area contributed by atoms with Crippen molar-refractivity contribution >= 4 is 62.1 Å². The molecule has 1 heterocycles. The second-order valence-electron chi connectivity index (χ2n) is 8.12. The van der Waals surface area contributed by atoms with Gasteiger partial charge in [0.25, 0.3) is 5.91 Å². The van der Waals surface area contributed by atoms with Gasteiger partial charge in [0.15, 0.2) is 0 Å². The summed E-state index contributed by atoms with van der Waals surface area (Å²) in [6, 6.07) is 12.9. The van der Waals surface area contributed by atoms with Gasteiger partial charge in [-0.1, -0.05) is 78.0 Å². The van der Waals surface area contributed by atoms with Gasteiger partial charge in [-0.25, -0.2) is 0 Å². The molecule has 0 spiro atoms. The molecular weight excluding hydrogens is 524 g/mol. The van der Waals surface area contributed by atoms with Crippen LogP contribution in [0.4, 0.5) is 0 Å². The van der Waals surface area contributed by atoms with Crippen molar-refractivity contribution in [2.24, 2.45) is 5.92 Å². The monoisotopic (exact) mass is 548 g/mol. The first-order chi connectivity index (χ1) is 15.6. The van der Waals surface area contributed by atoms with Crippen LogP contribution in [0.25, 0.3) is 6.08 Å². The van der Waals surface area contributed by atoms with Crippen LogP contribution in [0.15, 0.2) is 57.9 Å². The van der Waals surface area contributed by atoms with E-state index in [2.05, 4.69) is 15.9 Å². The maximum absolute atomic E-state index is 13.4. The number of halogens is 1. The van der Waals surface area contributed by atoms with Crippen molar-refractivity contribution in [1.82, 2.24) is 9.80 Å². The number of phenolic OH excluding ortho intramolecular Hbond substituents is 1. The molecule has 1 fully saturated rings. The summed E-state index contributed by atoms with van der Waals surface area (Å²) in [5.74, 6) is -0.697. The number of hydrogen-bond donors (Lipinski definition) is 2. The van der Waals surface area contributed by atoms with Crippen molar-refractivity contribution in [3.05, 3.63) is 69.0 Å². The third-order valence-electron chi connectivity index (χ3n) is 5.25. The van der Waals surface area contributed by atoms with E-state index in [0.29, 0.717) is 14.8 Å². The zero-order valence-corrected chi connectivity index (χ0v) is 21.7. The molecule has 0 saturated carbocycles. The Bertz CT molecular complexity index is 1070. The minimum absolute atomic E-state index is 0.0380. The molecule has 2 atom stereocenters. The second-order valence-corrected chi connectivity index (χ2v) is 10.7. The molecule has 0 bridgehead atoms. The fraction of sp³-hybridized carbons (Fsp3) is 0.292. The average molecular weight is 550 g/mol. The Labute approximate surface area is 211 Å². The van der Waals surface area contributed by atoms with Crippen molar-refractivity contribution in [1.29, 1.82) is 0 Å². The molecule has 33 heavy (non-hydrogen) atoms. The largest absolute Gasteiger partial charge is 0.508 e. The third-order valence-corrected chi connectivity index (χ3v) is 7.11. The summed E-state index contributed by atoms with van der Waals surface area (Å²) in [5.41, 5.74) is 1.44. The van der Waals surface area contributed by atoms with Crippen molar-refractivity contribution in [2.45, 2.75) is 26.0 Å². The summed E-state index contributed by atoms with van der Waals surface area (Å²) in [6.07, 6.45) is 0.835. The molecule has 174 valence electrons. The fourth-order valence-corrected chi connectivity index (χ4v) is 5.09. The lowest BCUT2D eigenvalue weighted by molar-refractivity contribution is -0.141. The van der Waals surface area contributed by atoms with Crippen molar-refractivity contribution in [3.63, 3.8) is 0 Å². The van der Waals surface area contributed by atoms with Crippen LogP contribution in [-0.2, 0) is 9.59 Å². The highest BCUT2D eigenvalue weighted by Crippen LogP contribution is 2.36. The highest BCUT2D eigenvalue weighted by molar-refractivity contribution is 9.10. The maximum atomic E-state index is 13.4. The number of aliphatic hydroxyl groups excluding tert-OH is 1. The average Bonchev–Trinajstić information content (AvgIpc) is 3.03. The van der Waals surface area contributed by atoms with Crippen molar-refractivity contribution in [3.8, 4) is 5.75 Å². The molecule has 9 heteroatoms. The predicted octanol–water partition coefficient (Wildman–Crippen LogP) is 4.57. The van der Waals surface area contributed by atoms with Gasteiger partial charge < -0.3 is 15.1 Å². The van der Waals surface area contributed by atoms with E-state index in [1.807, 2.05) is 38.1 Å². The summed E-state index contributed by atoms with van der Waals surface area (Å²) in [6.45, 7) is 3.77. The number of carbonyl (C=O) groups is 2. The third kappa shape index (κ3) is 6.03. The number of aromatic hydroxyl groups is 1. The number of carbonyl (C=O) groups excluding carboxylic acids is 2. The van der Waals surface area contributed by atoms with Crippen LogP contribution >= 0.6 is 39.9 Å². The number of amides is 2. The van der Waals surface area contributed by atoms with E-state index >= 15 is 0 Å². The lowest BCUT2D eigenvalue weighted by atomic mass is 10.0. The summed E-state index contributed by atoms with van der Waals surface area (Å²) in [5, 5.41) is 20.0. The SMILES string of the molecule is CC(C)C(C(=O)N(C)CC(O)c1ccc(O)cc1)N1C(=O)/C(=C/c2ccc(Br)cc2)SC1=S. The van der Waals surface area contributed by atoms with E-state index in [4.69, 9.17) is 12.2 Å². The standard InChI is InChI=1S/C24H25BrN2O4S2/c1-14(2)21(23(31)26(3)13-19(29)16-6-10-18(28)11-7-16)27-22(30)20(33-24(27)32)12-15-4-8-17(25)9-5-15/h4-12,14,19,21,28-29H,13H2,1-3H3/b20-12-. The molecule has 0 aromatic heterocycles. The van der Waals surface area contributed by atoms with Crippen LogP contribution in [0, 0.1) is 5.92 Å². The summed E-state index contributed by atoms with van der Waals surface area (Å²) >= 11 is 10.1. The van der Waals surface area contributed by atoms with E-state index in [9.17, 15) is 19.8 Å². The lowest BCUT2D eigenvalue weighted by Crippen LogP contribution is -2.52. The Morgan fingerprint density at radius 2 is 1.79 bits per heavy atom. The van der Waals surface area contributed by atoms with Gasteiger partial charge in [0, 0.05) is 11.5 Å². The minimum atomic E-state index is -0.934. The van der Waals surface area contributed by atoms with Gasteiger partial charge in [-0.15, -0.1) is 0 Å². The number of likely N-dealkylation sites (N-methyl/N-ethyl adjacent to an activating group) is 1. The number of nitrogens with zero attached hydrogens (tertiary/aromatic N) is 2. The van der Waals surface area contributed by atoms with Gasteiger partial charge in [-0.3, -0.25) is 14.5 Å². The zero-order chi connectivity index (χ0) is 24.3. The molecule has 2 unspecified atom stereocenters. The Balaban J connectivity index is 1.78. The summed E-state index contributed by atoms with van der Waals surface area (Å²) < 4.78 is 1.28. The summed E-state index contributed by atoms with van der Waals surface area (Å²) in [4.78, 5) is 29.9. The molecular formula is C24H25BrN2O4S2. The number of aliphatic hydroxyl groups is 1. The van der Waals surface area contributed by atoms with E-state index < -0.39 is 12.1 Å². The first-order valence-corrected chi connectivity index (χ1v) is 12.3. The Morgan fingerprint density at radius 3 is 2.36 bits per heavy atom. The van der Waals surface area contributed by atoms with Crippen molar-refractivity contribution in [2.75, 3.05) is 13.6 Å². The fourth-order valence-electron chi connectivity index (χ4n) is 3.50. The van der Waals surface area contributed by atoms with Crippen LogP contribution in [0.1, 0.15) is 31.1 Å². The van der Waals surface area contributed by atoms with Crippen LogP contribution in [-0.4, -0.2) is 55.8 Å². The van der Waals surface area contributed by atoms with Crippen LogP contribution in [0.5, 0.6) is 5.75 Å². The minimum Gasteiger partial charge on any atom is -0.508 e. The molecule has 2 amide bonds. The Morgan fingerprint density at radius 1 is 1.18 bits per heavy atom. The van der Waals surface area contributed by atoms with Crippen molar-refractivity contribution < 1.29 is 19.8 Å². The molecule has 2 aromatic carbocycles. The molecule has 1 aliphatic heterocycles.